The molecule has 5 nitrogen and oxygen atoms in total. The minimum Gasteiger partial charge on any atom is -0.508 e. The van der Waals surface area contributed by atoms with Crippen molar-refractivity contribution in [2.45, 2.75) is 13.3 Å². The van der Waals surface area contributed by atoms with E-state index < -0.39 is 0 Å². The second kappa shape index (κ2) is 6.28. The van der Waals surface area contributed by atoms with Crippen molar-refractivity contribution < 1.29 is 19.0 Å². The lowest BCUT2D eigenvalue weighted by molar-refractivity contribution is 0.355. The van der Waals surface area contributed by atoms with Crippen LogP contribution in [-0.4, -0.2) is 19.3 Å². The predicted molar refractivity (Wildman–Crippen MR) is 92.1 cm³/mol. The van der Waals surface area contributed by atoms with Gasteiger partial charge in [0.2, 0.25) is 5.43 Å². The zero-order chi connectivity index (χ0) is 17.3. The first-order valence-electron chi connectivity index (χ1n) is 7.58. The molecular weight excluding hydrogens is 308 g/mol. The van der Waals surface area contributed by atoms with Gasteiger partial charge >= 0.3 is 0 Å². The first kappa shape index (κ1) is 15.9. The van der Waals surface area contributed by atoms with Gasteiger partial charge in [-0.1, -0.05) is 13.0 Å². The van der Waals surface area contributed by atoms with Crippen LogP contribution in [0.1, 0.15) is 12.5 Å². The number of ether oxygens (including phenoxy) is 2. The number of methoxy groups -OCH3 is 2. The van der Waals surface area contributed by atoms with Crippen molar-refractivity contribution in [2.75, 3.05) is 14.2 Å². The number of aryl methyl sites for hydroxylation is 1. The third kappa shape index (κ3) is 2.58. The summed E-state index contributed by atoms with van der Waals surface area (Å²) in [5, 5.41) is 10.4. The van der Waals surface area contributed by atoms with E-state index in [4.69, 9.17) is 13.9 Å². The highest BCUT2D eigenvalue weighted by Crippen LogP contribution is 2.32. The summed E-state index contributed by atoms with van der Waals surface area (Å²) < 4.78 is 16.1. The quantitative estimate of drug-likeness (QED) is 0.791. The Balaban J connectivity index is 2.22. The largest absolute Gasteiger partial charge is 0.508 e. The average molecular weight is 326 g/mol. The molecule has 3 aromatic rings. The molecule has 24 heavy (non-hydrogen) atoms. The summed E-state index contributed by atoms with van der Waals surface area (Å²) >= 11 is 0. The fourth-order valence-electron chi connectivity index (χ4n) is 2.70. The maximum atomic E-state index is 12.8. The zero-order valence-corrected chi connectivity index (χ0v) is 13.8. The van der Waals surface area contributed by atoms with Crippen LogP contribution in [0.4, 0.5) is 0 Å². The summed E-state index contributed by atoms with van der Waals surface area (Å²) in [6, 6.07) is 8.42. The zero-order valence-electron chi connectivity index (χ0n) is 13.8. The number of phenolic OH excluding ortho intramolecular Hbond substituents is 1. The highest BCUT2D eigenvalue weighted by atomic mass is 16.5. The van der Waals surface area contributed by atoms with Crippen molar-refractivity contribution in [1.29, 1.82) is 0 Å². The van der Waals surface area contributed by atoms with Crippen LogP contribution in [0.5, 0.6) is 17.2 Å². The van der Waals surface area contributed by atoms with Crippen LogP contribution in [-0.2, 0) is 6.42 Å². The van der Waals surface area contributed by atoms with E-state index >= 15 is 0 Å². The SMILES string of the molecule is CCc1cc2c(=O)c(-c3ccc(OC)c(OC)c3)coc2cc1O. The number of rotatable bonds is 4. The highest BCUT2D eigenvalue weighted by molar-refractivity contribution is 5.84. The number of phenols is 1. The predicted octanol–water partition coefficient (Wildman–Crippen LogP) is 3.75. The minimum absolute atomic E-state index is 0.131. The molecule has 5 heteroatoms. The molecule has 0 fully saturated rings. The van der Waals surface area contributed by atoms with Crippen molar-refractivity contribution in [3.63, 3.8) is 0 Å². The molecule has 3 rings (SSSR count). The van der Waals surface area contributed by atoms with Crippen molar-refractivity contribution >= 4 is 11.0 Å². The van der Waals surface area contributed by atoms with Crippen molar-refractivity contribution in [2.24, 2.45) is 0 Å². The van der Waals surface area contributed by atoms with E-state index in [1.165, 1.54) is 12.3 Å². The van der Waals surface area contributed by atoms with E-state index in [1.807, 2.05) is 6.92 Å². The molecule has 0 aliphatic carbocycles. The highest BCUT2D eigenvalue weighted by Gasteiger charge is 2.14. The summed E-state index contributed by atoms with van der Waals surface area (Å²) in [5.74, 6) is 1.26. The Labute approximate surface area is 139 Å². The van der Waals surface area contributed by atoms with Gasteiger partial charge in [-0.2, -0.15) is 0 Å². The molecule has 2 aromatic carbocycles. The molecule has 0 spiro atoms. The molecule has 1 heterocycles. The lowest BCUT2D eigenvalue weighted by Gasteiger charge is -2.10. The Morgan fingerprint density at radius 2 is 1.83 bits per heavy atom. The number of fused-ring (bicyclic) bond motifs is 1. The van der Waals surface area contributed by atoms with Gasteiger partial charge in [0.1, 0.15) is 17.6 Å². The maximum Gasteiger partial charge on any atom is 0.200 e. The van der Waals surface area contributed by atoms with Gasteiger partial charge in [0, 0.05) is 6.07 Å². The summed E-state index contributed by atoms with van der Waals surface area (Å²) in [7, 11) is 3.10. The van der Waals surface area contributed by atoms with E-state index in [-0.39, 0.29) is 11.2 Å². The van der Waals surface area contributed by atoms with Gasteiger partial charge < -0.3 is 19.0 Å². The number of benzene rings is 2. The van der Waals surface area contributed by atoms with E-state index in [2.05, 4.69) is 0 Å². The molecule has 1 aromatic heterocycles. The Morgan fingerprint density at radius 1 is 1.08 bits per heavy atom. The molecule has 0 unspecified atom stereocenters. The molecule has 0 saturated heterocycles. The van der Waals surface area contributed by atoms with Crippen LogP contribution in [0.25, 0.3) is 22.1 Å². The van der Waals surface area contributed by atoms with E-state index in [0.717, 1.165) is 0 Å². The van der Waals surface area contributed by atoms with Crippen LogP contribution in [0.3, 0.4) is 0 Å². The second-order valence-corrected chi connectivity index (χ2v) is 5.38. The Hall–Kier alpha value is -2.95. The van der Waals surface area contributed by atoms with Gasteiger partial charge in [-0.05, 0) is 35.7 Å². The Morgan fingerprint density at radius 3 is 2.50 bits per heavy atom. The van der Waals surface area contributed by atoms with Crippen molar-refractivity contribution in [3.8, 4) is 28.4 Å². The van der Waals surface area contributed by atoms with Crippen molar-refractivity contribution in [1.82, 2.24) is 0 Å². The summed E-state index contributed by atoms with van der Waals surface area (Å²) in [6.07, 6.45) is 2.03. The molecule has 0 bridgehead atoms. The standard InChI is InChI=1S/C19H18O5/c1-4-11-7-13-17(9-15(11)20)24-10-14(19(13)21)12-5-6-16(22-2)18(8-12)23-3/h5-10,20H,4H2,1-3H3. The first-order chi connectivity index (χ1) is 11.6. The van der Waals surface area contributed by atoms with E-state index in [1.54, 1.807) is 38.5 Å². The van der Waals surface area contributed by atoms with Crippen LogP contribution >= 0.6 is 0 Å². The minimum atomic E-state index is -0.154. The topological polar surface area (TPSA) is 68.9 Å². The molecule has 0 saturated carbocycles. The van der Waals surface area contributed by atoms with Crippen LogP contribution < -0.4 is 14.9 Å². The smallest absolute Gasteiger partial charge is 0.200 e. The van der Waals surface area contributed by atoms with Gasteiger partial charge in [-0.15, -0.1) is 0 Å². The summed E-state index contributed by atoms with van der Waals surface area (Å²) in [5.41, 5.74) is 2.02. The lowest BCUT2D eigenvalue weighted by Crippen LogP contribution is -2.05. The summed E-state index contributed by atoms with van der Waals surface area (Å²) in [4.78, 5) is 12.8. The van der Waals surface area contributed by atoms with Gasteiger partial charge in [0.05, 0.1) is 25.2 Å². The number of hydrogen-bond acceptors (Lipinski definition) is 5. The number of hydrogen-bond donors (Lipinski definition) is 1. The van der Waals surface area contributed by atoms with Crippen molar-refractivity contribution in [3.05, 3.63) is 52.4 Å². The molecule has 0 radical (unpaired) electrons. The number of aromatic hydroxyl groups is 1. The normalized spacial score (nSPS) is 10.8. The summed E-state index contributed by atoms with van der Waals surface area (Å²) in [6.45, 7) is 1.92. The average Bonchev–Trinajstić information content (AvgIpc) is 2.61. The molecule has 124 valence electrons. The lowest BCUT2D eigenvalue weighted by atomic mass is 10.0. The van der Waals surface area contributed by atoms with E-state index in [9.17, 15) is 9.90 Å². The van der Waals surface area contributed by atoms with Gasteiger partial charge in [0.25, 0.3) is 0 Å². The van der Waals surface area contributed by atoms with Crippen LogP contribution in [0.15, 0.2) is 45.8 Å². The Bertz CT molecular complexity index is 956. The molecule has 0 atom stereocenters. The monoisotopic (exact) mass is 326 g/mol. The molecule has 0 aliphatic rings. The fraction of sp³-hybridized carbons (Fsp3) is 0.211. The maximum absolute atomic E-state index is 12.8. The third-order valence-electron chi connectivity index (χ3n) is 4.05. The van der Waals surface area contributed by atoms with Gasteiger partial charge in [-0.3, -0.25) is 4.79 Å². The first-order valence-corrected chi connectivity index (χ1v) is 7.58. The van der Waals surface area contributed by atoms with Crippen LogP contribution in [0, 0.1) is 0 Å². The van der Waals surface area contributed by atoms with Crippen LogP contribution in [0.2, 0.25) is 0 Å². The molecule has 1 N–H and O–H groups in total. The molecule has 0 amide bonds. The molecular formula is C19H18O5. The van der Waals surface area contributed by atoms with Gasteiger partial charge in [-0.25, -0.2) is 0 Å². The van der Waals surface area contributed by atoms with E-state index in [0.29, 0.717) is 45.6 Å². The second-order valence-electron chi connectivity index (χ2n) is 5.38. The van der Waals surface area contributed by atoms with Gasteiger partial charge in [0.15, 0.2) is 11.5 Å². The fourth-order valence-corrected chi connectivity index (χ4v) is 2.70. The third-order valence-corrected chi connectivity index (χ3v) is 4.05. The molecule has 0 aliphatic heterocycles. The Kier molecular flexibility index (Phi) is 4.16.